The van der Waals surface area contributed by atoms with Crippen LogP contribution in [0.4, 0.5) is 0 Å². The summed E-state index contributed by atoms with van der Waals surface area (Å²) >= 11 is 0. The third-order valence-corrected chi connectivity index (χ3v) is 5.80. The smallest absolute Gasteiger partial charge is 0.336 e. The number of aromatic carboxylic acids is 1. The van der Waals surface area contributed by atoms with Crippen LogP contribution in [0.3, 0.4) is 0 Å². The van der Waals surface area contributed by atoms with Gasteiger partial charge in [0.15, 0.2) is 5.82 Å². The summed E-state index contributed by atoms with van der Waals surface area (Å²) in [4.78, 5) is 21.0. The minimum Gasteiger partial charge on any atom is -0.478 e. The number of benzene rings is 1. The number of carboxylic acids is 1. The number of nitrogens with zero attached hydrogens (tertiary/aromatic N) is 4. The predicted molar refractivity (Wildman–Crippen MR) is 116 cm³/mol. The number of rotatable bonds is 7. The molecular formula is C24H28N4O2. The quantitative estimate of drug-likeness (QED) is 0.593. The van der Waals surface area contributed by atoms with E-state index in [4.69, 9.17) is 10.1 Å². The van der Waals surface area contributed by atoms with E-state index in [1.54, 1.807) is 18.3 Å². The SMILES string of the molecule is CCCn1nc(C2CCCCC2)nc1Cc1ccc(-c2ccccc2C(=O)O)cn1. The molecule has 0 unspecified atom stereocenters. The van der Waals surface area contributed by atoms with Gasteiger partial charge in [-0.25, -0.2) is 14.5 Å². The van der Waals surface area contributed by atoms with Gasteiger partial charge in [0.2, 0.25) is 0 Å². The zero-order valence-electron chi connectivity index (χ0n) is 17.4. The largest absolute Gasteiger partial charge is 0.478 e. The third kappa shape index (κ3) is 4.42. The van der Waals surface area contributed by atoms with Crippen LogP contribution in [0.1, 0.15) is 79.1 Å². The lowest BCUT2D eigenvalue weighted by molar-refractivity contribution is 0.0697. The second-order valence-electron chi connectivity index (χ2n) is 8.01. The molecule has 1 aliphatic rings. The molecule has 6 nitrogen and oxygen atoms in total. The fraction of sp³-hybridized carbons (Fsp3) is 0.417. The average Bonchev–Trinajstić information content (AvgIpc) is 3.17. The second kappa shape index (κ2) is 9.20. The normalized spacial score (nSPS) is 14.7. The lowest BCUT2D eigenvalue weighted by atomic mass is 9.89. The molecule has 0 amide bonds. The maximum atomic E-state index is 11.5. The van der Waals surface area contributed by atoms with Gasteiger partial charge in [0, 0.05) is 36.3 Å². The van der Waals surface area contributed by atoms with E-state index in [-0.39, 0.29) is 5.56 Å². The highest BCUT2D eigenvalue weighted by Crippen LogP contribution is 2.31. The molecule has 2 heterocycles. The van der Waals surface area contributed by atoms with Crippen molar-refractivity contribution in [2.75, 3.05) is 0 Å². The Morgan fingerprint density at radius 3 is 2.63 bits per heavy atom. The first-order valence-electron chi connectivity index (χ1n) is 10.9. The van der Waals surface area contributed by atoms with E-state index < -0.39 is 5.97 Å². The van der Waals surface area contributed by atoms with Crippen LogP contribution in [0.5, 0.6) is 0 Å². The molecule has 3 aromatic rings. The van der Waals surface area contributed by atoms with Crippen LogP contribution >= 0.6 is 0 Å². The fourth-order valence-corrected chi connectivity index (χ4v) is 4.22. The monoisotopic (exact) mass is 404 g/mol. The zero-order chi connectivity index (χ0) is 20.9. The standard InChI is InChI=1S/C24H28N4O2/c1-2-14-28-22(26-23(27-28)17-8-4-3-5-9-17)15-19-13-12-18(16-25-19)20-10-6-7-11-21(20)24(29)30/h6-7,10-13,16-17H,2-5,8-9,14-15H2,1H3,(H,29,30). The van der Waals surface area contributed by atoms with Crippen LogP contribution in [-0.4, -0.2) is 30.8 Å². The molecule has 1 saturated carbocycles. The predicted octanol–water partition coefficient (Wildman–Crippen LogP) is 5.09. The Balaban J connectivity index is 1.56. The van der Waals surface area contributed by atoms with Crippen LogP contribution < -0.4 is 0 Å². The molecule has 0 saturated heterocycles. The van der Waals surface area contributed by atoms with Crippen molar-refractivity contribution < 1.29 is 9.90 Å². The van der Waals surface area contributed by atoms with Crippen molar-refractivity contribution in [1.82, 2.24) is 19.7 Å². The first-order chi connectivity index (χ1) is 14.7. The molecule has 0 spiro atoms. The van der Waals surface area contributed by atoms with Gasteiger partial charge in [0.05, 0.1) is 5.56 Å². The Bertz CT molecular complexity index is 1000. The summed E-state index contributed by atoms with van der Waals surface area (Å²) in [6.07, 6.45) is 9.61. The van der Waals surface area contributed by atoms with Crippen molar-refractivity contribution in [3.63, 3.8) is 0 Å². The van der Waals surface area contributed by atoms with Gasteiger partial charge >= 0.3 is 5.97 Å². The molecule has 0 radical (unpaired) electrons. The number of carboxylic acid groups (broad SMARTS) is 1. The molecule has 2 aromatic heterocycles. The van der Waals surface area contributed by atoms with Gasteiger partial charge in [0.1, 0.15) is 5.82 Å². The first-order valence-corrected chi connectivity index (χ1v) is 10.9. The van der Waals surface area contributed by atoms with E-state index in [0.29, 0.717) is 17.9 Å². The Labute approximate surface area is 177 Å². The molecule has 0 aliphatic heterocycles. The first kappa shape index (κ1) is 20.3. The van der Waals surface area contributed by atoms with E-state index in [0.717, 1.165) is 35.9 Å². The van der Waals surface area contributed by atoms with Gasteiger partial charge in [-0.05, 0) is 37.0 Å². The topological polar surface area (TPSA) is 80.9 Å². The Morgan fingerprint density at radius 1 is 1.13 bits per heavy atom. The molecule has 1 aliphatic carbocycles. The second-order valence-corrected chi connectivity index (χ2v) is 8.01. The molecule has 1 aromatic carbocycles. The molecule has 1 fully saturated rings. The molecule has 0 bridgehead atoms. The van der Waals surface area contributed by atoms with Crippen LogP contribution in [0.2, 0.25) is 0 Å². The maximum Gasteiger partial charge on any atom is 0.336 e. The van der Waals surface area contributed by atoms with Crippen LogP contribution in [0.15, 0.2) is 42.6 Å². The molecule has 156 valence electrons. The summed E-state index contributed by atoms with van der Waals surface area (Å²) in [7, 11) is 0. The van der Waals surface area contributed by atoms with Gasteiger partial charge in [-0.1, -0.05) is 50.5 Å². The summed E-state index contributed by atoms with van der Waals surface area (Å²) in [5.74, 6) is 1.50. The van der Waals surface area contributed by atoms with Crippen molar-refractivity contribution >= 4 is 5.97 Å². The summed E-state index contributed by atoms with van der Waals surface area (Å²) in [5, 5.41) is 14.3. The van der Waals surface area contributed by atoms with E-state index in [1.807, 2.05) is 28.9 Å². The lowest BCUT2D eigenvalue weighted by Crippen LogP contribution is -2.08. The summed E-state index contributed by atoms with van der Waals surface area (Å²) < 4.78 is 2.04. The minimum absolute atomic E-state index is 0.284. The van der Waals surface area contributed by atoms with Crippen molar-refractivity contribution in [2.45, 2.75) is 64.3 Å². The van der Waals surface area contributed by atoms with Crippen LogP contribution in [-0.2, 0) is 13.0 Å². The Morgan fingerprint density at radius 2 is 1.93 bits per heavy atom. The molecule has 30 heavy (non-hydrogen) atoms. The van der Waals surface area contributed by atoms with Gasteiger partial charge in [-0.15, -0.1) is 0 Å². The van der Waals surface area contributed by atoms with Gasteiger partial charge in [0.25, 0.3) is 0 Å². The summed E-state index contributed by atoms with van der Waals surface area (Å²) in [6.45, 7) is 3.01. The number of hydrogen-bond donors (Lipinski definition) is 1. The highest BCUT2D eigenvalue weighted by Gasteiger charge is 2.21. The number of aryl methyl sites for hydroxylation is 1. The van der Waals surface area contributed by atoms with Crippen molar-refractivity contribution in [2.24, 2.45) is 0 Å². The van der Waals surface area contributed by atoms with Crippen LogP contribution in [0.25, 0.3) is 11.1 Å². The highest BCUT2D eigenvalue weighted by atomic mass is 16.4. The Kier molecular flexibility index (Phi) is 6.21. The number of pyridine rings is 1. The number of carbonyl (C=O) groups is 1. The van der Waals surface area contributed by atoms with Gasteiger partial charge in [-0.2, -0.15) is 5.10 Å². The van der Waals surface area contributed by atoms with Crippen molar-refractivity contribution in [1.29, 1.82) is 0 Å². The number of aromatic nitrogens is 4. The zero-order valence-corrected chi connectivity index (χ0v) is 17.4. The summed E-state index contributed by atoms with van der Waals surface area (Å²) in [5.41, 5.74) is 2.67. The molecule has 0 atom stereocenters. The fourth-order valence-electron chi connectivity index (χ4n) is 4.22. The molecule has 4 rings (SSSR count). The average molecular weight is 405 g/mol. The molecule has 1 N–H and O–H groups in total. The third-order valence-electron chi connectivity index (χ3n) is 5.80. The van der Waals surface area contributed by atoms with E-state index in [9.17, 15) is 9.90 Å². The van der Waals surface area contributed by atoms with Crippen molar-refractivity contribution in [3.05, 3.63) is 65.5 Å². The summed E-state index contributed by atoms with van der Waals surface area (Å²) in [6, 6.07) is 10.9. The maximum absolute atomic E-state index is 11.5. The van der Waals surface area contributed by atoms with Crippen LogP contribution in [0, 0.1) is 0 Å². The number of hydrogen-bond acceptors (Lipinski definition) is 4. The van der Waals surface area contributed by atoms with E-state index in [2.05, 4.69) is 11.9 Å². The highest BCUT2D eigenvalue weighted by molar-refractivity contribution is 5.95. The molecule has 6 heteroatoms. The van der Waals surface area contributed by atoms with Crippen molar-refractivity contribution in [3.8, 4) is 11.1 Å². The lowest BCUT2D eigenvalue weighted by Gasteiger charge is -2.18. The van der Waals surface area contributed by atoms with Gasteiger partial charge in [-0.3, -0.25) is 4.98 Å². The van der Waals surface area contributed by atoms with Gasteiger partial charge < -0.3 is 5.11 Å². The van der Waals surface area contributed by atoms with E-state index >= 15 is 0 Å². The Hall–Kier alpha value is -3.02. The van der Waals surface area contributed by atoms with E-state index in [1.165, 1.54) is 32.1 Å². The molecular weight excluding hydrogens is 376 g/mol. The minimum atomic E-state index is -0.933.